The standard InChI is InChI=1S/C37H49N3O6S/c1-27(2)37(36(41)38(3)30-12-8-10-14-34(30)47-37)29-11-7-9-13-31(29)46-24-23-45-22-21-40-19-17-39(18-20-40)16-15-28-25-32(42-4)35(44-6)33(26-28)43-5/h7-14,25-27H,15-24H2,1-6H3. The summed E-state index contributed by atoms with van der Waals surface area (Å²) >= 11 is 1.63. The molecule has 2 heterocycles. The first kappa shape index (κ1) is 34.9. The van der Waals surface area contributed by atoms with Crippen molar-refractivity contribution in [2.75, 3.05) is 92.4 Å². The molecular formula is C37H49N3O6S. The summed E-state index contributed by atoms with van der Waals surface area (Å²) in [5.41, 5.74) is 3.03. The van der Waals surface area contributed by atoms with Crippen LogP contribution in [0.3, 0.4) is 0 Å². The molecule has 3 aromatic carbocycles. The van der Waals surface area contributed by atoms with Gasteiger partial charge >= 0.3 is 0 Å². The number of carbonyl (C=O) groups excluding carboxylic acids is 1. The van der Waals surface area contributed by atoms with Crippen LogP contribution in [0.15, 0.2) is 65.6 Å². The van der Waals surface area contributed by atoms with Crippen LogP contribution in [0, 0.1) is 5.92 Å². The largest absolute Gasteiger partial charge is 0.493 e. The zero-order valence-corrected chi connectivity index (χ0v) is 29.4. The van der Waals surface area contributed by atoms with E-state index in [1.807, 2.05) is 61.6 Å². The SMILES string of the molecule is COc1cc(CCN2CCN(CCOCCOc3ccccc3C3(C(C)C)Sc4ccccc4N(C)C3=O)CC2)cc(OC)c1OC. The third-order valence-electron chi connectivity index (χ3n) is 9.16. The summed E-state index contributed by atoms with van der Waals surface area (Å²) in [6.07, 6.45) is 0.915. The Labute approximate surface area is 284 Å². The van der Waals surface area contributed by atoms with Gasteiger partial charge in [-0.3, -0.25) is 9.69 Å². The summed E-state index contributed by atoms with van der Waals surface area (Å²) < 4.78 is 28.0. The van der Waals surface area contributed by atoms with Crippen LogP contribution in [0.25, 0.3) is 0 Å². The molecule has 1 unspecified atom stereocenters. The van der Waals surface area contributed by atoms with Crippen LogP contribution in [-0.2, 0) is 20.7 Å². The highest BCUT2D eigenvalue weighted by Gasteiger charge is 2.51. The molecular weight excluding hydrogens is 614 g/mol. The minimum Gasteiger partial charge on any atom is -0.493 e. The van der Waals surface area contributed by atoms with Crippen molar-refractivity contribution < 1.29 is 28.5 Å². The Morgan fingerprint density at radius 3 is 2.09 bits per heavy atom. The van der Waals surface area contributed by atoms with Crippen LogP contribution >= 0.6 is 11.8 Å². The van der Waals surface area contributed by atoms with E-state index < -0.39 is 4.75 Å². The van der Waals surface area contributed by atoms with Crippen molar-refractivity contribution in [3.8, 4) is 23.0 Å². The first-order valence-electron chi connectivity index (χ1n) is 16.4. The molecule has 0 aliphatic carbocycles. The van der Waals surface area contributed by atoms with E-state index in [1.54, 1.807) is 38.0 Å². The van der Waals surface area contributed by atoms with E-state index in [0.29, 0.717) is 37.1 Å². The monoisotopic (exact) mass is 663 g/mol. The van der Waals surface area contributed by atoms with Crippen molar-refractivity contribution in [1.82, 2.24) is 9.80 Å². The molecule has 1 atom stereocenters. The second-order valence-electron chi connectivity index (χ2n) is 12.2. The minimum absolute atomic E-state index is 0.0479. The number of likely N-dealkylation sites (N-methyl/N-ethyl adjacent to an activating group) is 1. The van der Waals surface area contributed by atoms with Crippen LogP contribution in [0.5, 0.6) is 23.0 Å². The number of ether oxygens (including phenoxy) is 5. The van der Waals surface area contributed by atoms with Gasteiger partial charge in [-0.25, -0.2) is 0 Å². The molecule has 0 radical (unpaired) electrons. The fourth-order valence-electron chi connectivity index (χ4n) is 6.45. The van der Waals surface area contributed by atoms with Crippen molar-refractivity contribution in [2.45, 2.75) is 29.9 Å². The van der Waals surface area contributed by atoms with E-state index in [-0.39, 0.29) is 11.8 Å². The van der Waals surface area contributed by atoms with E-state index in [4.69, 9.17) is 23.7 Å². The molecule has 0 spiro atoms. The topological polar surface area (TPSA) is 72.9 Å². The van der Waals surface area contributed by atoms with Gasteiger partial charge in [0.1, 0.15) is 17.1 Å². The first-order valence-corrected chi connectivity index (χ1v) is 17.2. The number of carbonyl (C=O) groups is 1. The smallest absolute Gasteiger partial charge is 0.248 e. The lowest BCUT2D eigenvalue weighted by Gasteiger charge is -2.43. The van der Waals surface area contributed by atoms with Crippen LogP contribution in [0.2, 0.25) is 0 Å². The number of amides is 1. The van der Waals surface area contributed by atoms with Gasteiger partial charge in [-0.15, -0.1) is 11.8 Å². The third kappa shape index (κ3) is 7.67. The Kier molecular flexibility index (Phi) is 12.0. The Morgan fingerprint density at radius 2 is 1.43 bits per heavy atom. The van der Waals surface area contributed by atoms with Gasteiger partial charge in [0.25, 0.3) is 0 Å². The first-order chi connectivity index (χ1) is 22.8. The van der Waals surface area contributed by atoms with Gasteiger partial charge in [0.2, 0.25) is 11.7 Å². The molecule has 47 heavy (non-hydrogen) atoms. The maximum absolute atomic E-state index is 14.0. The molecule has 0 bridgehead atoms. The van der Waals surface area contributed by atoms with Crippen molar-refractivity contribution in [2.24, 2.45) is 5.92 Å². The number of rotatable bonds is 15. The molecule has 1 saturated heterocycles. The predicted octanol–water partition coefficient (Wildman–Crippen LogP) is 5.59. The number of hydrogen-bond acceptors (Lipinski definition) is 9. The van der Waals surface area contributed by atoms with Crippen molar-refractivity contribution in [1.29, 1.82) is 0 Å². The highest BCUT2D eigenvalue weighted by Crippen LogP contribution is 2.56. The highest BCUT2D eigenvalue weighted by atomic mass is 32.2. The number of piperazine rings is 1. The zero-order chi connectivity index (χ0) is 33.4. The van der Waals surface area contributed by atoms with Gasteiger partial charge in [0.05, 0.1) is 40.2 Å². The number of para-hydroxylation sites is 2. The van der Waals surface area contributed by atoms with Crippen LogP contribution in [0.4, 0.5) is 5.69 Å². The molecule has 254 valence electrons. The van der Waals surface area contributed by atoms with Crippen LogP contribution in [0.1, 0.15) is 25.0 Å². The summed E-state index contributed by atoms with van der Waals surface area (Å²) in [5, 5.41) is 0. The van der Waals surface area contributed by atoms with E-state index in [1.165, 1.54) is 5.56 Å². The molecule has 0 N–H and O–H groups in total. The number of anilines is 1. The average molecular weight is 664 g/mol. The normalized spacial score (nSPS) is 18.7. The van der Waals surface area contributed by atoms with Gasteiger partial charge in [0, 0.05) is 56.8 Å². The Bertz CT molecular complexity index is 1470. The number of nitrogens with zero attached hydrogens (tertiary/aromatic N) is 3. The van der Waals surface area contributed by atoms with Gasteiger partial charge < -0.3 is 33.5 Å². The van der Waals surface area contributed by atoms with Crippen molar-refractivity contribution in [3.05, 3.63) is 71.8 Å². The minimum atomic E-state index is -0.781. The molecule has 1 amide bonds. The Hall–Kier alpha value is -3.44. The molecule has 9 nitrogen and oxygen atoms in total. The molecule has 0 aromatic heterocycles. The quantitative estimate of drug-likeness (QED) is 0.194. The Morgan fingerprint density at radius 1 is 0.787 bits per heavy atom. The van der Waals surface area contributed by atoms with Gasteiger partial charge in [-0.05, 0) is 48.2 Å². The molecule has 2 aliphatic rings. The number of hydrogen-bond donors (Lipinski definition) is 0. The fraction of sp³-hybridized carbons (Fsp3) is 0.486. The lowest BCUT2D eigenvalue weighted by molar-refractivity contribution is -0.122. The maximum Gasteiger partial charge on any atom is 0.248 e. The molecule has 10 heteroatoms. The van der Waals surface area contributed by atoms with Gasteiger partial charge in [-0.1, -0.05) is 44.2 Å². The lowest BCUT2D eigenvalue weighted by Crippen LogP contribution is -2.49. The van der Waals surface area contributed by atoms with E-state index in [0.717, 1.165) is 67.6 Å². The summed E-state index contributed by atoms with van der Waals surface area (Å²) in [4.78, 5) is 21.8. The second-order valence-corrected chi connectivity index (χ2v) is 13.5. The van der Waals surface area contributed by atoms with E-state index in [9.17, 15) is 4.79 Å². The number of thioether (sulfide) groups is 1. The third-order valence-corrected chi connectivity index (χ3v) is 10.9. The predicted molar refractivity (Wildman–Crippen MR) is 188 cm³/mol. The summed E-state index contributed by atoms with van der Waals surface area (Å²) in [6, 6.07) is 20.1. The number of fused-ring (bicyclic) bond motifs is 1. The van der Waals surface area contributed by atoms with Gasteiger partial charge in [0.15, 0.2) is 11.5 Å². The van der Waals surface area contributed by atoms with Crippen LogP contribution < -0.4 is 23.8 Å². The molecule has 2 aliphatic heterocycles. The van der Waals surface area contributed by atoms with Crippen molar-refractivity contribution in [3.63, 3.8) is 0 Å². The zero-order valence-electron chi connectivity index (χ0n) is 28.6. The Balaban J connectivity index is 1.06. The van der Waals surface area contributed by atoms with Crippen molar-refractivity contribution >= 4 is 23.4 Å². The maximum atomic E-state index is 14.0. The summed E-state index contributed by atoms with van der Waals surface area (Å²) in [7, 11) is 6.79. The van der Waals surface area contributed by atoms with E-state index >= 15 is 0 Å². The summed E-state index contributed by atoms with van der Waals surface area (Å²) in [5.74, 6) is 2.87. The average Bonchev–Trinajstić information content (AvgIpc) is 3.10. The second kappa shape index (κ2) is 16.1. The summed E-state index contributed by atoms with van der Waals surface area (Å²) in [6.45, 7) is 11.7. The van der Waals surface area contributed by atoms with Gasteiger partial charge in [-0.2, -0.15) is 0 Å². The molecule has 3 aromatic rings. The number of methoxy groups -OCH3 is 3. The lowest BCUT2D eigenvalue weighted by atomic mass is 9.85. The van der Waals surface area contributed by atoms with E-state index in [2.05, 4.69) is 29.7 Å². The van der Waals surface area contributed by atoms with Crippen LogP contribution in [-0.4, -0.2) is 103 Å². The molecule has 1 fully saturated rings. The molecule has 5 rings (SSSR count). The fourth-order valence-corrected chi connectivity index (χ4v) is 7.99. The number of benzene rings is 3. The highest BCUT2D eigenvalue weighted by molar-refractivity contribution is 8.01. The molecule has 0 saturated carbocycles.